The number of ether oxygens (including phenoxy) is 1. The summed E-state index contributed by atoms with van der Waals surface area (Å²) in [6.07, 6.45) is 2.48. The Morgan fingerprint density at radius 2 is 1.69 bits per heavy atom. The number of rotatable bonds is 10. The van der Waals surface area contributed by atoms with Crippen molar-refractivity contribution in [1.29, 1.82) is 0 Å². The van der Waals surface area contributed by atoms with Gasteiger partial charge in [-0.2, -0.15) is 0 Å². The number of aromatic nitrogens is 1. The Labute approximate surface area is 206 Å². The molecule has 5 heteroatoms. The fourth-order valence-electron chi connectivity index (χ4n) is 4.29. The first-order valence-electron chi connectivity index (χ1n) is 11.9. The standard InChI is InChI=1S/C30H31NO4/c1-20(2)16-22-6-8-24(9-7-22)27-17-23(5-4-21(27)3)19-34-26-12-10-25(11-13-26)28(18-30(32)33)29-14-15-35-31-29/h4-15,17,20,28H,16,18-19H2,1-3H3,(H,32,33)/t28-/m0/s1. The summed E-state index contributed by atoms with van der Waals surface area (Å²) in [5, 5.41) is 13.2. The maximum atomic E-state index is 11.3. The van der Waals surface area contributed by atoms with Crippen LogP contribution in [0.25, 0.3) is 11.1 Å². The second kappa shape index (κ2) is 11.0. The van der Waals surface area contributed by atoms with Crippen molar-refractivity contribution in [3.63, 3.8) is 0 Å². The molecule has 0 saturated heterocycles. The molecule has 1 atom stereocenters. The summed E-state index contributed by atoms with van der Waals surface area (Å²) in [6.45, 7) is 7.05. The number of aryl methyl sites for hydroxylation is 1. The molecular formula is C30H31NO4. The van der Waals surface area contributed by atoms with Gasteiger partial charge in [0.05, 0.1) is 12.1 Å². The van der Waals surface area contributed by atoms with E-state index in [0.717, 1.165) is 23.3 Å². The highest BCUT2D eigenvalue weighted by molar-refractivity contribution is 5.69. The molecule has 0 fully saturated rings. The van der Waals surface area contributed by atoms with Crippen molar-refractivity contribution in [2.45, 2.75) is 46.1 Å². The van der Waals surface area contributed by atoms with E-state index >= 15 is 0 Å². The lowest BCUT2D eigenvalue weighted by Gasteiger charge is -2.14. The molecule has 4 rings (SSSR count). The van der Waals surface area contributed by atoms with Crippen LogP contribution in [-0.2, 0) is 17.8 Å². The second-order valence-corrected chi connectivity index (χ2v) is 9.38. The zero-order chi connectivity index (χ0) is 24.8. The van der Waals surface area contributed by atoms with Crippen LogP contribution < -0.4 is 4.74 Å². The minimum atomic E-state index is -0.886. The lowest BCUT2D eigenvalue weighted by molar-refractivity contribution is -0.137. The molecule has 180 valence electrons. The SMILES string of the molecule is Cc1ccc(COc2ccc([C@H](CC(=O)O)c3ccon3)cc2)cc1-c1ccc(CC(C)C)cc1. The summed E-state index contributed by atoms with van der Waals surface area (Å²) >= 11 is 0. The highest BCUT2D eigenvalue weighted by Gasteiger charge is 2.20. The van der Waals surface area contributed by atoms with Crippen LogP contribution in [-0.4, -0.2) is 16.2 Å². The highest BCUT2D eigenvalue weighted by Crippen LogP contribution is 2.29. The average Bonchev–Trinajstić information content (AvgIpc) is 3.37. The van der Waals surface area contributed by atoms with Crippen molar-refractivity contribution >= 4 is 5.97 Å². The molecule has 0 spiro atoms. The van der Waals surface area contributed by atoms with Gasteiger partial charge in [0.15, 0.2) is 0 Å². The van der Waals surface area contributed by atoms with Crippen molar-refractivity contribution in [2.75, 3.05) is 0 Å². The molecular weight excluding hydrogens is 438 g/mol. The van der Waals surface area contributed by atoms with Crippen molar-refractivity contribution in [3.8, 4) is 16.9 Å². The molecule has 5 nitrogen and oxygen atoms in total. The molecule has 0 aliphatic rings. The predicted molar refractivity (Wildman–Crippen MR) is 137 cm³/mol. The van der Waals surface area contributed by atoms with Gasteiger partial charge in [0, 0.05) is 12.0 Å². The monoisotopic (exact) mass is 469 g/mol. The maximum absolute atomic E-state index is 11.3. The van der Waals surface area contributed by atoms with Gasteiger partial charge in [-0.05, 0) is 70.8 Å². The molecule has 0 bridgehead atoms. The molecule has 0 aliphatic heterocycles. The summed E-state index contributed by atoms with van der Waals surface area (Å²) in [4.78, 5) is 11.3. The summed E-state index contributed by atoms with van der Waals surface area (Å²) in [5.74, 6) is 0.112. The maximum Gasteiger partial charge on any atom is 0.304 e. The fraction of sp³-hybridized carbons (Fsp3) is 0.267. The third-order valence-electron chi connectivity index (χ3n) is 6.09. The van der Waals surface area contributed by atoms with Crippen molar-refractivity contribution < 1.29 is 19.2 Å². The normalized spacial score (nSPS) is 12.0. The molecule has 1 heterocycles. The van der Waals surface area contributed by atoms with E-state index in [1.54, 1.807) is 6.07 Å². The van der Waals surface area contributed by atoms with E-state index in [9.17, 15) is 9.90 Å². The molecule has 0 amide bonds. The third-order valence-corrected chi connectivity index (χ3v) is 6.09. The Balaban J connectivity index is 1.45. The van der Waals surface area contributed by atoms with E-state index in [1.165, 1.54) is 28.5 Å². The lowest BCUT2D eigenvalue weighted by Crippen LogP contribution is -2.08. The molecule has 1 N–H and O–H groups in total. The highest BCUT2D eigenvalue weighted by atomic mass is 16.5. The number of carboxylic acid groups (broad SMARTS) is 1. The molecule has 1 aromatic heterocycles. The Hall–Kier alpha value is -3.86. The number of hydrogen-bond donors (Lipinski definition) is 1. The van der Waals surface area contributed by atoms with Gasteiger partial charge < -0.3 is 14.4 Å². The van der Waals surface area contributed by atoms with Gasteiger partial charge in [-0.15, -0.1) is 0 Å². The van der Waals surface area contributed by atoms with Crippen LogP contribution in [0.3, 0.4) is 0 Å². The van der Waals surface area contributed by atoms with Gasteiger partial charge >= 0.3 is 5.97 Å². The van der Waals surface area contributed by atoms with E-state index in [1.807, 2.05) is 24.3 Å². The zero-order valence-corrected chi connectivity index (χ0v) is 20.4. The summed E-state index contributed by atoms with van der Waals surface area (Å²) in [7, 11) is 0. The van der Waals surface area contributed by atoms with Gasteiger partial charge in [-0.1, -0.05) is 67.5 Å². The first-order chi connectivity index (χ1) is 16.9. The molecule has 0 saturated carbocycles. The first kappa shape index (κ1) is 24.3. The summed E-state index contributed by atoms with van der Waals surface area (Å²) in [6, 6.07) is 24.5. The molecule has 4 aromatic rings. The van der Waals surface area contributed by atoms with Gasteiger partial charge in [0.2, 0.25) is 0 Å². The minimum Gasteiger partial charge on any atom is -0.489 e. The van der Waals surface area contributed by atoms with Crippen LogP contribution >= 0.6 is 0 Å². The van der Waals surface area contributed by atoms with Gasteiger partial charge in [-0.25, -0.2) is 0 Å². The molecule has 35 heavy (non-hydrogen) atoms. The number of carbonyl (C=O) groups is 1. The van der Waals surface area contributed by atoms with Crippen LogP contribution in [0.2, 0.25) is 0 Å². The summed E-state index contributed by atoms with van der Waals surface area (Å²) in [5.41, 5.74) is 7.55. The predicted octanol–water partition coefficient (Wildman–Crippen LogP) is 7.03. The number of aliphatic carboxylic acids is 1. The van der Waals surface area contributed by atoms with Crippen LogP contribution in [0, 0.1) is 12.8 Å². The summed E-state index contributed by atoms with van der Waals surface area (Å²) < 4.78 is 11.0. The van der Waals surface area contributed by atoms with Gasteiger partial charge in [0.1, 0.15) is 18.6 Å². The van der Waals surface area contributed by atoms with Crippen molar-refractivity contribution in [3.05, 3.63) is 107 Å². The molecule has 3 aromatic carbocycles. The van der Waals surface area contributed by atoms with E-state index < -0.39 is 5.97 Å². The molecule has 0 unspecified atom stereocenters. The Morgan fingerprint density at radius 3 is 2.31 bits per heavy atom. The Kier molecular flexibility index (Phi) is 7.66. The van der Waals surface area contributed by atoms with Crippen molar-refractivity contribution in [2.24, 2.45) is 5.92 Å². The van der Waals surface area contributed by atoms with Crippen LogP contribution in [0.15, 0.2) is 83.6 Å². The van der Waals surface area contributed by atoms with E-state index in [2.05, 4.69) is 68.4 Å². The molecule has 0 radical (unpaired) electrons. The molecule has 0 aliphatic carbocycles. The topological polar surface area (TPSA) is 72.6 Å². The minimum absolute atomic E-state index is 0.0582. The number of nitrogens with zero attached hydrogens (tertiary/aromatic N) is 1. The van der Waals surface area contributed by atoms with Gasteiger partial charge in [0.25, 0.3) is 0 Å². The Morgan fingerprint density at radius 1 is 0.971 bits per heavy atom. The first-order valence-corrected chi connectivity index (χ1v) is 11.9. The number of benzene rings is 3. The Bertz CT molecular complexity index is 1240. The van der Waals surface area contributed by atoms with Crippen LogP contribution in [0.4, 0.5) is 0 Å². The quantitative estimate of drug-likeness (QED) is 0.270. The smallest absolute Gasteiger partial charge is 0.304 e. The average molecular weight is 470 g/mol. The fourth-order valence-corrected chi connectivity index (χ4v) is 4.29. The number of carboxylic acids is 1. The van der Waals surface area contributed by atoms with Crippen molar-refractivity contribution in [1.82, 2.24) is 5.16 Å². The van der Waals surface area contributed by atoms with E-state index in [0.29, 0.717) is 18.2 Å². The lowest BCUT2D eigenvalue weighted by atomic mass is 9.92. The number of hydrogen-bond acceptors (Lipinski definition) is 4. The van der Waals surface area contributed by atoms with E-state index in [4.69, 9.17) is 9.26 Å². The van der Waals surface area contributed by atoms with Crippen LogP contribution in [0.5, 0.6) is 5.75 Å². The van der Waals surface area contributed by atoms with E-state index in [-0.39, 0.29) is 12.3 Å². The third kappa shape index (κ3) is 6.38. The van der Waals surface area contributed by atoms with Gasteiger partial charge in [-0.3, -0.25) is 4.79 Å². The second-order valence-electron chi connectivity index (χ2n) is 9.38. The van der Waals surface area contributed by atoms with Crippen LogP contribution in [0.1, 0.15) is 54.1 Å². The largest absolute Gasteiger partial charge is 0.489 e. The zero-order valence-electron chi connectivity index (χ0n) is 20.4.